The standard InChI is InChI=1S/C9H12BrNO3/c1-14-7-3-2-5(10)8(9(7)13)6(11)4-12/h2-3,6,12-13H,4,11H2,1H3/t6-/m1/s1. The Kier molecular flexibility index (Phi) is 3.74. The Morgan fingerprint density at radius 1 is 1.57 bits per heavy atom. The van der Waals surface area contributed by atoms with Gasteiger partial charge in [0.25, 0.3) is 0 Å². The summed E-state index contributed by atoms with van der Waals surface area (Å²) in [5.74, 6) is 0.301. The summed E-state index contributed by atoms with van der Waals surface area (Å²) in [5, 5.41) is 18.6. The normalized spacial score (nSPS) is 12.6. The summed E-state index contributed by atoms with van der Waals surface area (Å²) in [6.07, 6.45) is 0. The smallest absolute Gasteiger partial charge is 0.163 e. The number of rotatable bonds is 3. The van der Waals surface area contributed by atoms with Crippen LogP contribution in [-0.4, -0.2) is 23.9 Å². The Morgan fingerprint density at radius 2 is 2.21 bits per heavy atom. The van der Waals surface area contributed by atoms with Gasteiger partial charge >= 0.3 is 0 Å². The van der Waals surface area contributed by atoms with Crippen LogP contribution in [0, 0.1) is 0 Å². The minimum Gasteiger partial charge on any atom is -0.504 e. The first-order valence-corrected chi connectivity index (χ1v) is 4.83. The van der Waals surface area contributed by atoms with E-state index in [2.05, 4.69) is 15.9 Å². The highest BCUT2D eigenvalue weighted by Gasteiger charge is 2.17. The fourth-order valence-electron chi connectivity index (χ4n) is 1.17. The monoisotopic (exact) mass is 261 g/mol. The van der Waals surface area contributed by atoms with Crippen LogP contribution in [0.3, 0.4) is 0 Å². The maximum Gasteiger partial charge on any atom is 0.163 e. The van der Waals surface area contributed by atoms with Crippen LogP contribution < -0.4 is 10.5 Å². The highest BCUT2D eigenvalue weighted by Crippen LogP contribution is 2.37. The molecular formula is C9H12BrNO3. The molecule has 0 fully saturated rings. The molecule has 4 nitrogen and oxygen atoms in total. The molecule has 0 saturated heterocycles. The summed E-state index contributed by atoms with van der Waals surface area (Å²) in [7, 11) is 1.46. The molecule has 0 radical (unpaired) electrons. The van der Waals surface area contributed by atoms with Gasteiger partial charge in [0.05, 0.1) is 19.8 Å². The molecule has 1 atom stereocenters. The van der Waals surface area contributed by atoms with Crippen LogP contribution in [0.25, 0.3) is 0 Å². The fraction of sp³-hybridized carbons (Fsp3) is 0.333. The van der Waals surface area contributed by atoms with Crippen LogP contribution in [0.4, 0.5) is 0 Å². The lowest BCUT2D eigenvalue weighted by molar-refractivity contribution is 0.263. The molecule has 78 valence electrons. The maximum atomic E-state index is 9.73. The molecule has 0 heterocycles. The second kappa shape index (κ2) is 4.63. The fourth-order valence-corrected chi connectivity index (χ4v) is 1.79. The van der Waals surface area contributed by atoms with Gasteiger partial charge in [0.2, 0.25) is 0 Å². The first kappa shape index (κ1) is 11.3. The average Bonchev–Trinajstić information content (AvgIpc) is 2.18. The molecule has 1 rings (SSSR count). The Labute approximate surface area is 90.4 Å². The number of aliphatic hydroxyl groups excluding tert-OH is 1. The van der Waals surface area contributed by atoms with Crippen molar-refractivity contribution in [3.8, 4) is 11.5 Å². The molecule has 0 amide bonds. The molecule has 0 unspecified atom stereocenters. The zero-order chi connectivity index (χ0) is 10.7. The van der Waals surface area contributed by atoms with Gasteiger partial charge in [-0.3, -0.25) is 0 Å². The van der Waals surface area contributed by atoms with Crippen LogP contribution in [-0.2, 0) is 0 Å². The minimum atomic E-state index is -0.625. The molecule has 0 spiro atoms. The maximum absolute atomic E-state index is 9.73. The molecule has 5 heteroatoms. The van der Waals surface area contributed by atoms with E-state index in [9.17, 15) is 5.11 Å². The molecule has 4 N–H and O–H groups in total. The number of aliphatic hydroxyl groups is 1. The molecular weight excluding hydrogens is 250 g/mol. The van der Waals surface area contributed by atoms with E-state index in [0.29, 0.717) is 15.8 Å². The molecule has 1 aromatic rings. The van der Waals surface area contributed by atoms with Gasteiger partial charge in [0, 0.05) is 10.0 Å². The molecule has 0 aliphatic heterocycles. The number of phenolic OH excluding ortho intramolecular Hbond substituents is 1. The van der Waals surface area contributed by atoms with E-state index in [4.69, 9.17) is 15.6 Å². The second-order valence-electron chi connectivity index (χ2n) is 2.80. The van der Waals surface area contributed by atoms with E-state index < -0.39 is 6.04 Å². The number of ether oxygens (including phenoxy) is 1. The number of benzene rings is 1. The summed E-state index contributed by atoms with van der Waals surface area (Å²) in [4.78, 5) is 0. The van der Waals surface area contributed by atoms with E-state index in [0.717, 1.165) is 0 Å². The third kappa shape index (κ3) is 2.00. The van der Waals surface area contributed by atoms with Gasteiger partial charge in [0.1, 0.15) is 0 Å². The number of phenols is 1. The third-order valence-electron chi connectivity index (χ3n) is 1.91. The lowest BCUT2D eigenvalue weighted by atomic mass is 10.1. The first-order valence-electron chi connectivity index (χ1n) is 4.03. The molecule has 14 heavy (non-hydrogen) atoms. The van der Waals surface area contributed by atoms with E-state index in [1.807, 2.05) is 0 Å². The van der Waals surface area contributed by atoms with Gasteiger partial charge in [0.15, 0.2) is 11.5 Å². The molecule has 0 saturated carbocycles. The number of aromatic hydroxyl groups is 1. The van der Waals surface area contributed by atoms with Crippen molar-refractivity contribution in [3.05, 3.63) is 22.2 Å². The third-order valence-corrected chi connectivity index (χ3v) is 2.61. The predicted octanol–water partition coefficient (Wildman–Crippen LogP) is 1.16. The Morgan fingerprint density at radius 3 is 2.71 bits per heavy atom. The summed E-state index contributed by atoms with van der Waals surface area (Å²) < 4.78 is 5.58. The van der Waals surface area contributed by atoms with Gasteiger partial charge < -0.3 is 20.7 Å². The van der Waals surface area contributed by atoms with Crippen LogP contribution in [0.5, 0.6) is 11.5 Å². The number of methoxy groups -OCH3 is 1. The topological polar surface area (TPSA) is 75.7 Å². The second-order valence-corrected chi connectivity index (χ2v) is 3.66. The zero-order valence-corrected chi connectivity index (χ0v) is 9.28. The Balaban J connectivity index is 3.25. The molecule has 0 aliphatic rings. The highest BCUT2D eigenvalue weighted by atomic mass is 79.9. The lowest BCUT2D eigenvalue weighted by Gasteiger charge is -2.15. The van der Waals surface area contributed by atoms with Gasteiger partial charge in [-0.05, 0) is 12.1 Å². The van der Waals surface area contributed by atoms with Crippen molar-refractivity contribution in [1.82, 2.24) is 0 Å². The molecule has 1 aromatic carbocycles. The van der Waals surface area contributed by atoms with Crippen LogP contribution in [0.15, 0.2) is 16.6 Å². The molecule has 0 aliphatic carbocycles. The number of hydrogen-bond donors (Lipinski definition) is 3. The van der Waals surface area contributed by atoms with Gasteiger partial charge in [-0.1, -0.05) is 15.9 Å². The summed E-state index contributed by atoms with van der Waals surface area (Å²) >= 11 is 3.25. The zero-order valence-electron chi connectivity index (χ0n) is 7.70. The first-order chi connectivity index (χ1) is 6.61. The van der Waals surface area contributed by atoms with Crippen LogP contribution in [0.1, 0.15) is 11.6 Å². The van der Waals surface area contributed by atoms with Crippen molar-refractivity contribution in [1.29, 1.82) is 0 Å². The van der Waals surface area contributed by atoms with E-state index in [1.165, 1.54) is 7.11 Å². The van der Waals surface area contributed by atoms with Crippen LogP contribution in [0.2, 0.25) is 0 Å². The summed E-state index contributed by atoms with van der Waals surface area (Å²) in [6, 6.07) is 2.70. The van der Waals surface area contributed by atoms with E-state index in [-0.39, 0.29) is 12.4 Å². The van der Waals surface area contributed by atoms with E-state index in [1.54, 1.807) is 12.1 Å². The van der Waals surface area contributed by atoms with Gasteiger partial charge in [-0.15, -0.1) is 0 Å². The lowest BCUT2D eigenvalue weighted by Crippen LogP contribution is -2.15. The van der Waals surface area contributed by atoms with Crippen molar-refractivity contribution < 1.29 is 14.9 Å². The minimum absolute atomic E-state index is 0.0385. The van der Waals surface area contributed by atoms with Gasteiger partial charge in [-0.2, -0.15) is 0 Å². The highest BCUT2D eigenvalue weighted by molar-refractivity contribution is 9.10. The summed E-state index contributed by atoms with van der Waals surface area (Å²) in [6.45, 7) is -0.237. The molecule has 0 aromatic heterocycles. The number of hydrogen-bond acceptors (Lipinski definition) is 4. The quantitative estimate of drug-likeness (QED) is 0.763. The largest absolute Gasteiger partial charge is 0.504 e. The number of nitrogens with two attached hydrogens (primary N) is 1. The predicted molar refractivity (Wildman–Crippen MR) is 56.4 cm³/mol. The Hall–Kier alpha value is -0.780. The summed E-state index contributed by atoms with van der Waals surface area (Å²) in [5.41, 5.74) is 6.07. The SMILES string of the molecule is COc1ccc(Br)c([C@H](N)CO)c1O. The van der Waals surface area contributed by atoms with Crippen molar-refractivity contribution in [2.75, 3.05) is 13.7 Å². The molecule has 0 bridgehead atoms. The van der Waals surface area contributed by atoms with E-state index >= 15 is 0 Å². The van der Waals surface area contributed by atoms with Crippen molar-refractivity contribution >= 4 is 15.9 Å². The van der Waals surface area contributed by atoms with Crippen molar-refractivity contribution in [3.63, 3.8) is 0 Å². The average molecular weight is 262 g/mol. The number of halogens is 1. The Bertz CT molecular complexity index is 330. The van der Waals surface area contributed by atoms with Crippen molar-refractivity contribution in [2.45, 2.75) is 6.04 Å². The van der Waals surface area contributed by atoms with Crippen LogP contribution >= 0.6 is 15.9 Å². The van der Waals surface area contributed by atoms with Crippen molar-refractivity contribution in [2.24, 2.45) is 5.73 Å². The van der Waals surface area contributed by atoms with Gasteiger partial charge in [-0.25, -0.2) is 0 Å².